The van der Waals surface area contributed by atoms with Crippen LogP contribution in [0.3, 0.4) is 0 Å². The van der Waals surface area contributed by atoms with Gasteiger partial charge in [-0.25, -0.2) is 4.79 Å². The van der Waals surface area contributed by atoms with Gasteiger partial charge in [-0.1, -0.05) is 63.3 Å². The predicted molar refractivity (Wildman–Crippen MR) is 84.8 cm³/mol. The molecule has 1 fully saturated rings. The molecule has 3 rings (SSSR count). The second-order valence-electron chi connectivity index (χ2n) is 6.67. The molecule has 0 N–H and O–H groups in total. The van der Waals surface area contributed by atoms with Gasteiger partial charge in [-0.15, -0.1) is 0 Å². The summed E-state index contributed by atoms with van der Waals surface area (Å²) < 4.78 is 0. The molecule has 1 aromatic carbocycles. The highest BCUT2D eigenvalue weighted by Gasteiger charge is 2.48. The van der Waals surface area contributed by atoms with Crippen LogP contribution in [0.5, 0.6) is 0 Å². The van der Waals surface area contributed by atoms with E-state index in [9.17, 15) is 4.79 Å². The molecule has 0 radical (unpaired) electrons. The van der Waals surface area contributed by atoms with Gasteiger partial charge in [-0.3, -0.25) is 0 Å². The summed E-state index contributed by atoms with van der Waals surface area (Å²) in [5.41, 5.74) is 1.20. The Labute approximate surface area is 127 Å². The molecule has 1 heterocycles. The van der Waals surface area contributed by atoms with Crippen LogP contribution >= 0.6 is 0 Å². The molecule has 0 aromatic heterocycles. The minimum Gasteiger partial charge on any atom is -0.318 e. The maximum absolute atomic E-state index is 12.8. The molecular weight excluding hydrogens is 260 g/mol. The first kappa shape index (κ1) is 14.2. The van der Waals surface area contributed by atoms with Gasteiger partial charge < -0.3 is 9.80 Å². The Hall–Kier alpha value is -1.77. The first-order valence-electron chi connectivity index (χ1n) is 7.87. The maximum atomic E-state index is 12.8. The van der Waals surface area contributed by atoms with E-state index in [4.69, 9.17) is 0 Å². The van der Waals surface area contributed by atoms with Crippen LogP contribution in [0, 0.1) is 11.8 Å². The van der Waals surface area contributed by atoms with Crippen molar-refractivity contribution >= 4 is 6.03 Å². The molecule has 0 bridgehead atoms. The van der Waals surface area contributed by atoms with Crippen LogP contribution < -0.4 is 0 Å². The molecule has 21 heavy (non-hydrogen) atoms. The summed E-state index contributed by atoms with van der Waals surface area (Å²) in [5.74, 6) is 0.942. The van der Waals surface area contributed by atoms with Crippen molar-refractivity contribution in [1.29, 1.82) is 0 Å². The van der Waals surface area contributed by atoms with Crippen LogP contribution in [0.15, 0.2) is 42.5 Å². The summed E-state index contributed by atoms with van der Waals surface area (Å²) in [4.78, 5) is 16.9. The highest BCUT2D eigenvalue weighted by atomic mass is 16.2. The van der Waals surface area contributed by atoms with Crippen molar-refractivity contribution in [3.05, 3.63) is 48.0 Å². The zero-order chi connectivity index (χ0) is 15.0. The number of hydrogen-bond donors (Lipinski definition) is 0. The lowest BCUT2D eigenvalue weighted by Gasteiger charge is -2.27. The SMILES string of the molecule is CC(C)CN1C(=O)N(Cc2ccccc2)[C@@H]2C=C[C@@H](C)[C@@H]21. The van der Waals surface area contributed by atoms with Crippen molar-refractivity contribution in [2.75, 3.05) is 6.54 Å². The smallest absolute Gasteiger partial charge is 0.318 e. The van der Waals surface area contributed by atoms with E-state index in [2.05, 4.69) is 50.0 Å². The molecule has 0 saturated carbocycles. The molecule has 112 valence electrons. The molecule has 2 amide bonds. The zero-order valence-corrected chi connectivity index (χ0v) is 13.1. The second-order valence-corrected chi connectivity index (χ2v) is 6.67. The minimum atomic E-state index is 0.193. The highest BCUT2D eigenvalue weighted by molar-refractivity contribution is 5.79. The molecular formula is C18H24N2O. The number of carbonyl (C=O) groups excluding carboxylic acids is 1. The average Bonchev–Trinajstić information content (AvgIpc) is 2.94. The lowest BCUT2D eigenvalue weighted by atomic mass is 10.0. The molecule has 1 aliphatic heterocycles. The third kappa shape index (κ3) is 2.57. The molecule has 1 saturated heterocycles. The molecule has 1 aromatic rings. The van der Waals surface area contributed by atoms with Crippen molar-refractivity contribution < 1.29 is 4.79 Å². The van der Waals surface area contributed by atoms with E-state index in [-0.39, 0.29) is 12.1 Å². The normalized spacial score (nSPS) is 27.8. The standard InChI is InChI=1S/C18H24N2O/c1-13(2)11-20-17-14(3)9-10-16(17)19(18(20)21)12-15-7-5-4-6-8-15/h4-10,13-14,16-17H,11-12H2,1-3H3/t14-,16-,17+/m1/s1. The van der Waals surface area contributed by atoms with E-state index in [1.807, 2.05) is 23.1 Å². The quantitative estimate of drug-likeness (QED) is 0.776. The van der Waals surface area contributed by atoms with Gasteiger partial charge in [0.1, 0.15) is 0 Å². The van der Waals surface area contributed by atoms with Crippen LogP contribution in [0.2, 0.25) is 0 Å². The van der Waals surface area contributed by atoms with Crippen LogP contribution in [0.4, 0.5) is 4.79 Å². The minimum absolute atomic E-state index is 0.193. The summed E-state index contributed by atoms with van der Waals surface area (Å²) in [6.45, 7) is 8.11. The summed E-state index contributed by atoms with van der Waals surface area (Å²) in [6, 6.07) is 11.0. The van der Waals surface area contributed by atoms with E-state index in [1.54, 1.807) is 0 Å². The molecule has 3 atom stereocenters. The van der Waals surface area contributed by atoms with Gasteiger partial charge in [0.15, 0.2) is 0 Å². The summed E-state index contributed by atoms with van der Waals surface area (Å²) in [6.07, 6.45) is 4.48. The lowest BCUT2D eigenvalue weighted by Crippen LogP contribution is -2.40. The van der Waals surface area contributed by atoms with Crippen LogP contribution in [0.25, 0.3) is 0 Å². The number of urea groups is 1. The van der Waals surface area contributed by atoms with Crippen LogP contribution in [-0.4, -0.2) is 34.5 Å². The molecule has 1 aliphatic carbocycles. The Morgan fingerprint density at radius 1 is 1.10 bits per heavy atom. The maximum Gasteiger partial charge on any atom is 0.321 e. The molecule has 2 aliphatic rings. The van der Waals surface area contributed by atoms with Crippen molar-refractivity contribution in [3.8, 4) is 0 Å². The average molecular weight is 284 g/mol. The van der Waals surface area contributed by atoms with Gasteiger partial charge in [0.05, 0.1) is 12.1 Å². The Bertz CT molecular complexity index is 537. The Balaban J connectivity index is 1.84. The van der Waals surface area contributed by atoms with Gasteiger partial charge in [-0.2, -0.15) is 0 Å². The number of hydrogen-bond acceptors (Lipinski definition) is 1. The largest absolute Gasteiger partial charge is 0.321 e. The fourth-order valence-electron chi connectivity index (χ4n) is 3.55. The third-order valence-corrected chi connectivity index (χ3v) is 4.47. The predicted octanol–water partition coefficient (Wildman–Crippen LogP) is 3.52. The fraction of sp³-hybridized carbons (Fsp3) is 0.500. The number of fused-ring (bicyclic) bond motifs is 1. The lowest BCUT2D eigenvalue weighted by molar-refractivity contribution is 0.174. The number of amides is 2. The van der Waals surface area contributed by atoms with Gasteiger partial charge in [-0.05, 0) is 17.4 Å². The number of benzene rings is 1. The number of nitrogens with zero attached hydrogens (tertiary/aromatic N) is 2. The Kier molecular flexibility index (Phi) is 3.75. The van der Waals surface area contributed by atoms with Gasteiger partial charge in [0, 0.05) is 13.1 Å². The summed E-state index contributed by atoms with van der Waals surface area (Å²) in [7, 11) is 0. The molecule has 3 nitrogen and oxygen atoms in total. The third-order valence-electron chi connectivity index (χ3n) is 4.47. The number of carbonyl (C=O) groups is 1. The molecule has 3 heteroatoms. The monoisotopic (exact) mass is 284 g/mol. The van der Waals surface area contributed by atoms with Gasteiger partial charge >= 0.3 is 6.03 Å². The van der Waals surface area contributed by atoms with Crippen LogP contribution in [-0.2, 0) is 6.54 Å². The summed E-state index contributed by atoms with van der Waals surface area (Å²) in [5, 5.41) is 0. The summed E-state index contributed by atoms with van der Waals surface area (Å²) >= 11 is 0. The van der Waals surface area contributed by atoms with E-state index in [1.165, 1.54) is 5.56 Å². The first-order valence-corrected chi connectivity index (χ1v) is 7.87. The fourth-order valence-corrected chi connectivity index (χ4v) is 3.55. The van der Waals surface area contributed by atoms with Crippen molar-refractivity contribution in [2.45, 2.75) is 39.4 Å². The van der Waals surface area contributed by atoms with E-state index < -0.39 is 0 Å². The van der Waals surface area contributed by atoms with Gasteiger partial charge in [0.2, 0.25) is 0 Å². The molecule has 0 spiro atoms. The van der Waals surface area contributed by atoms with Crippen molar-refractivity contribution in [2.24, 2.45) is 11.8 Å². The van der Waals surface area contributed by atoms with Crippen molar-refractivity contribution in [1.82, 2.24) is 9.80 Å². The topological polar surface area (TPSA) is 23.6 Å². The van der Waals surface area contributed by atoms with Gasteiger partial charge in [0.25, 0.3) is 0 Å². The highest BCUT2D eigenvalue weighted by Crippen LogP contribution is 2.36. The van der Waals surface area contributed by atoms with E-state index >= 15 is 0 Å². The van der Waals surface area contributed by atoms with Crippen molar-refractivity contribution in [3.63, 3.8) is 0 Å². The second kappa shape index (κ2) is 5.55. The first-order chi connectivity index (χ1) is 10.1. The van der Waals surface area contributed by atoms with Crippen LogP contribution in [0.1, 0.15) is 26.3 Å². The Morgan fingerprint density at radius 3 is 2.48 bits per heavy atom. The van der Waals surface area contributed by atoms with E-state index in [0.29, 0.717) is 24.4 Å². The number of rotatable bonds is 4. The zero-order valence-electron chi connectivity index (χ0n) is 13.1. The Morgan fingerprint density at radius 2 is 1.81 bits per heavy atom. The van der Waals surface area contributed by atoms with E-state index in [0.717, 1.165) is 6.54 Å². The molecule has 0 unspecified atom stereocenters.